The van der Waals surface area contributed by atoms with Crippen molar-refractivity contribution < 1.29 is 39.6 Å². The Labute approximate surface area is 173 Å². The van der Waals surface area contributed by atoms with Gasteiger partial charge in [-0.3, -0.25) is 0 Å². The average Bonchev–Trinajstić information content (AvgIpc) is 2.66. The summed E-state index contributed by atoms with van der Waals surface area (Å²) in [6, 6.07) is 0. The minimum atomic E-state index is -1.15. The van der Waals surface area contributed by atoms with Crippen LogP contribution in [0.15, 0.2) is 48.6 Å². The first-order valence-corrected chi connectivity index (χ1v) is 8.29. The summed E-state index contributed by atoms with van der Waals surface area (Å²) in [6.45, 7) is 19.7. The zero-order valence-electron chi connectivity index (χ0n) is 17.4. The molecule has 8 heteroatoms. The van der Waals surface area contributed by atoms with E-state index in [-0.39, 0.29) is 29.7 Å². The molecule has 0 aromatic rings. The van der Waals surface area contributed by atoms with Gasteiger partial charge in [-0.1, -0.05) is 54.0 Å². The third-order valence-corrected chi connectivity index (χ3v) is 2.86. The van der Waals surface area contributed by atoms with E-state index in [0.29, 0.717) is 25.7 Å². The molecule has 0 heterocycles. The SMILES string of the molecule is C=C(CC)C(=O)[O-].C=C(CC)C(=O)[O-].C=C(CC)C(=O)[O-].C=C(CC)C(=O)[O-].[C+4]. The van der Waals surface area contributed by atoms with Gasteiger partial charge in [0.25, 0.3) is 0 Å². The number of hydrogen-bond acceptors (Lipinski definition) is 8. The van der Waals surface area contributed by atoms with Crippen molar-refractivity contribution in [2.45, 2.75) is 53.4 Å². The van der Waals surface area contributed by atoms with Crippen molar-refractivity contribution in [3.8, 4) is 0 Å². The van der Waals surface area contributed by atoms with Gasteiger partial charge in [0, 0.05) is 0 Å². The molecule has 0 saturated carbocycles. The molecule has 0 saturated heterocycles. The fraction of sp³-hybridized carbons (Fsp3) is 0.381. The molecule has 160 valence electrons. The van der Waals surface area contributed by atoms with Crippen LogP contribution in [0, 0.1) is 7.43 Å². The molecule has 0 radical (unpaired) electrons. The zero-order valence-corrected chi connectivity index (χ0v) is 17.4. The molecule has 0 aromatic heterocycles. The van der Waals surface area contributed by atoms with Crippen LogP contribution >= 0.6 is 0 Å². The largest absolute Gasteiger partial charge is 4.00 e. The minimum absolute atomic E-state index is 0. The fourth-order valence-electron chi connectivity index (χ4n) is 0.577. The summed E-state index contributed by atoms with van der Waals surface area (Å²) in [5, 5.41) is 38.9. The Morgan fingerprint density at radius 2 is 0.586 bits per heavy atom. The van der Waals surface area contributed by atoms with Crippen LogP contribution in [-0.2, 0) is 19.2 Å². The Hall–Kier alpha value is -3.16. The van der Waals surface area contributed by atoms with Crippen LogP contribution in [0.4, 0.5) is 0 Å². The molecule has 8 nitrogen and oxygen atoms in total. The molecule has 0 rings (SSSR count). The van der Waals surface area contributed by atoms with Crippen LogP contribution in [0.1, 0.15) is 53.4 Å². The molecule has 0 aromatic carbocycles. The maximum Gasteiger partial charge on any atom is 4.00 e. The van der Waals surface area contributed by atoms with Gasteiger partial charge < -0.3 is 39.6 Å². The van der Waals surface area contributed by atoms with Gasteiger partial charge in [-0.15, -0.1) is 0 Å². The second-order valence-electron chi connectivity index (χ2n) is 4.98. The summed E-state index contributed by atoms with van der Waals surface area (Å²) in [5.74, 6) is -4.60. The van der Waals surface area contributed by atoms with E-state index in [1.54, 1.807) is 27.7 Å². The predicted molar refractivity (Wildman–Crippen MR) is 101 cm³/mol. The molecular formula is C21H28O8. The monoisotopic (exact) mass is 408 g/mol. The van der Waals surface area contributed by atoms with Gasteiger partial charge in [0.05, 0.1) is 23.9 Å². The first-order chi connectivity index (χ1) is 12.7. The Bertz CT molecular complexity index is 481. The van der Waals surface area contributed by atoms with E-state index in [9.17, 15) is 39.6 Å². The third-order valence-electron chi connectivity index (χ3n) is 2.86. The molecule has 0 atom stereocenters. The third kappa shape index (κ3) is 29.8. The van der Waals surface area contributed by atoms with Crippen LogP contribution in [0.25, 0.3) is 0 Å². The number of aliphatic carboxylic acids is 4. The molecule has 0 fully saturated rings. The van der Waals surface area contributed by atoms with E-state index >= 15 is 0 Å². The van der Waals surface area contributed by atoms with Crippen molar-refractivity contribution in [3.63, 3.8) is 0 Å². The molecular weight excluding hydrogens is 380 g/mol. The molecule has 0 bridgehead atoms. The van der Waals surface area contributed by atoms with Gasteiger partial charge in [0.1, 0.15) is 0 Å². The molecule has 0 spiro atoms. The number of carboxylic acids is 4. The Kier molecular flexibility index (Phi) is 29.0. The number of rotatable bonds is 8. The second kappa shape index (κ2) is 22.9. The van der Waals surface area contributed by atoms with Crippen molar-refractivity contribution in [1.82, 2.24) is 0 Å². The van der Waals surface area contributed by atoms with E-state index in [1.807, 2.05) is 0 Å². The molecule has 0 N–H and O–H groups in total. The van der Waals surface area contributed by atoms with Crippen LogP contribution < -0.4 is 20.4 Å². The average molecular weight is 408 g/mol. The molecule has 0 aliphatic heterocycles. The van der Waals surface area contributed by atoms with Crippen LogP contribution in [0.5, 0.6) is 0 Å². The van der Waals surface area contributed by atoms with Crippen molar-refractivity contribution in [2.75, 3.05) is 0 Å². The van der Waals surface area contributed by atoms with E-state index in [2.05, 4.69) is 26.3 Å². The Morgan fingerprint density at radius 3 is 0.586 bits per heavy atom. The Morgan fingerprint density at radius 1 is 0.483 bits per heavy atom. The van der Waals surface area contributed by atoms with Gasteiger partial charge in [-0.2, -0.15) is 0 Å². The first kappa shape index (κ1) is 36.7. The first-order valence-electron chi connectivity index (χ1n) is 8.29. The van der Waals surface area contributed by atoms with Gasteiger partial charge in [0.15, 0.2) is 0 Å². The fourth-order valence-corrected chi connectivity index (χ4v) is 0.577. The van der Waals surface area contributed by atoms with Gasteiger partial charge in [-0.05, 0) is 48.0 Å². The smallest absolute Gasteiger partial charge is 0.545 e. The molecule has 0 aliphatic carbocycles. The van der Waals surface area contributed by atoms with E-state index in [0.717, 1.165) is 0 Å². The summed E-state index contributed by atoms with van der Waals surface area (Å²) < 4.78 is 0. The number of carbonyl (C=O) groups excluding carboxylic acids is 4. The number of carboxylic acid groups (broad SMARTS) is 4. The summed E-state index contributed by atoms with van der Waals surface area (Å²) in [5.41, 5.74) is 0.611. The number of hydrogen-bond donors (Lipinski definition) is 0. The van der Waals surface area contributed by atoms with Gasteiger partial charge in [-0.25, -0.2) is 0 Å². The van der Waals surface area contributed by atoms with Crippen molar-refractivity contribution in [2.24, 2.45) is 0 Å². The summed E-state index contributed by atoms with van der Waals surface area (Å²) >= 11 is 0. The topological polar surface area (TPSA) is 161 Å². The van der Waals surface area contributed by atoms with E-state index in [1.165, 1.54) is 0 Å². The van der Waals surface area contributed by atoms with E-state index < -0.39 is 23.9 Å². The van der Waals surface area contributed by atoms with Crippen molar-refractivity contribution >= 4 is 23.9 Å². The summed E-state index contributed by atoms with van der Waals surface area (Å²) in [4.78, 5) is 38.9. The predicted octanol–water partition coefficient (Wildman–Crippen LogP) is -1.11. The summed E-state index contributed by atoms with van der Waals surface area (Å²) in [7, 11) is 0. The second-order valence-corrected chi connectivity index (χ2v) is 4.98. The molecule has 0 amide bonds. The quantitative estimate of drug-likeness (QED) is 0.457. The molecule has 0 aliphatic rings. The van der Waals surface area contributed by atoms with Crippen molar-refractivity contribution in [3.05, 3.63) is 56.0 Å². The van der Waals surface area contributed by atoms with Crippen LogP contribution in [0.3, 0.4) is 0 Å². The van der Waals surface area contributed by atoms with Crippen LogP contribution in [-0.4, -0.2) is 23.9 Å². The van der Waals surface area contributed by atoms with Crippen LogP contribution in [0.2, 0.25) is 0 Å². The Balaban J connectivity index is -0.0000000873. The molecule has 0 unspecified atom stereocenters. The van der Waals surface area contributed by atoms with E-state index in [4.69, 9.17) is 0 Å². The van der Waals surface area contributed by atoms with Gasteiger partial charge >= 0.3 is 7.43 Å². The minimum Gasteiger partial charge on any atom is -0.545 e. The van der Waals surface area contributed by atoms with Crippen molar-refractivity contribution in [1.29, 1.82) is 0 Å². The maximum absolute atomic E-state index is 9.72. The normalized spacial score (nSPS) is 7.86. The summed E-state index contributed by atoms with van der Waals surface area (Å²) in [6.07, 6.45) is 1.84. The standard InChI is InChI=1S/4C5H8O2.C/c4*1-3-4(2)5(6)7;/h4*2-3H2,1H3,(H,6,7);/q;;;;+4/p-4. The van der Waals surface area contributed by atoms with Gasteiger partial charge in [0.2, 0.25) is 0 Å². The zero-order chi connectivity index (χ0) is 23.4. The number of carbonyl (C=O) groups is 4. The maximum atomic E-state index is 9.72. The molecule has 29 heavy (non-hydrogen) atoms.